The zero-order valence-corrected chi connectivity index (χ0v) is 12.7. The largest absolute Gasteiger partial charge is 0.317 e. The summed E-state index contributed by atoms with van der Waals surface area (Å²) in [5.41, 5.74) is 1.55. The summed E-state index contributed by atoms with van der Waals surface area (Å²) in [5.74, 6) is 2.61. The Morgan fingerprint density at radius 3 is 2.30 bits per heavy atom. The molecule has 2 atom stereocenters. The average molecular weight is 269 g/mol. The van der Waals surface area contributed by atoms with Crippen molar-refractivity contribution in [2.75, 3.05) is 13.1 Å². The summed E-state index contributed by atoms with van der Waals surface area (Å²) >= 11 is 0. The molecule has 2 unspecified atom stereocenters. The van der Waals surface area contributed by atoms with Crippen LogP contribution >= 0.6 is 0 Å². The van der Waals surface area contributed by atoms with E-state index in [2.05, 4.69) is 35.6 Å². The van der Waals surface area contributed by atoms with Crippen molar-refractivity contribution in [3.05, 3.63) is 35.9 Å². The van der Waals surface area contributed by atoms with Crippen LogP contribution in [0.2, 0.25) is 11.6 Å². The summed E-state index contributed by atoms with van der Waals surface area (Å²) in [6.07, 6.45) is 10.3. The zero-order valence-electron chi connectivity index (χ0n) is 12.7. The van der Waals surface area contributed by atoms with Crippen molar-refractivity contribution in [3.8, 4) is 0 Å². The van der Waals surface area contributed by atoms with Gasteiger partial charge in [-0.2, -0.15) is 0 Å². The number of rotatable bonds is 3. The first-order chi connectivity index (χ1) is 9.93. The Kier molecular flexibility index (Phi) is 5.19. The van der Waals surface area contributed by atoms with E-state index in [1.54, 1.807) is 5.56 Å². The molecule has 108 valence electrons. The van der Waals surface area contributed by atoms with Gasteiger partial charge in [-0.05, 0) is 23.8 Å². The molecule has 1 saturated carbocycles. The van der Waals surface area contributed by atoms with E-state index in [0.717, 1.165) is 17.6 Å². The minimum absolute atomic E-state index is 0.752. The molecule has 1 N–H and O–H groups in total. The standard InChI is InChI=1S/C18H28BN/c1-2-7-11-16(12-8-3-1)19-18-14-20-13-17(18)15-9-5-4-6-10-15/h4-6,9-10,16-20H,1-3,7-8,11-14H2. The van der Waals surface area contributed by atoms with E-state index in [0.29, 0.717) is 0 Å². The van der Waals surface area contributed by atoms with Crippen LogP contribution in [0.5, 0.6) is 0 Å². The van der Waals surface area contributed by atoms with Crippen LogP contribution in [0.3, 0.4) is 0 Å². The average Bonchev–Trinajstić information content (AvgIpc) is 2.91. The molecule has 1 aromatic carbocycles. The molecule has 1 aliphatic carbocycles. The van der Waals surface area contributed by atoms with Crippen molar-refractivity contribution in [1.82, 2.24) is 5.32 Å². The highest BCUT2D eigenvalue weighted by molar-refractivity contribution is 6.40. The van der Waals surface area contributed by atoms with E-state index in [4.69, 9.17) is 0 Å². The molecule has 0 aromatic heterocycles. The van der Waals surface area contributed by atoms with Crippen LogP contribution in [0.25, 0.3) is 0 Å². The predicted octanol–water partition coefficient (Wildman–Crippen LogP) is 4.13. The molecule has 2 fully saturated rings. The minimum atomic E-state index is 0.752. The molecule has 1 aliphatic heterocycles. The van der Waals surface area contributed by atoms with Gasteiger partial charge in [0.2, 0.25) is 0 Å². The topological polar surface area (TPSA) is 12.0 Å². The summed E-state index contributed by atoms with van der Waals surface area (Å²) in [4.78, 5) is 0. The summed E-state index contributed by atoms with van der Waals surface area (Å²) in [5, 5.41) is 3.64. The van der Waals surface area contributed by atoms with Gasteiger partial charge >= 0.3 is 0 Å². The van der Waals surface area contributed by atoms with E-state index in [-0.39, 0.29) is 0 Å². The van der Waals surface area contributed by atoms with Gasteiger partial charge in [0.1, 0.15) is 7.28 Å². The maximum Gasteiger partial charge on any atom is 0.130 e. The summed E-state index contributed by atoms with van der Waals surface area (Å²) < 4.78 is 0. The molecule has 2 heteroatoms. The fraction of sp³-hybridized carbons (Fsp3) is 0.667. The molecular formula is C18H28BN. The Hall–Kier alpha value is -0.755. The van der Waals surface area contributed by atoms with Crippen molar-refractivity contribution >= 4 is 7.28 Å². The molecule has 3 rings (SSSR count). The van der Waals surface area contributed by atoms with Crippen LogP contribution in [-0.4, -0.2) is 20.4 Å². The summed E-state index contributed by atoms with van der Waals surface area (Å²) in [6, 6.07) is 11.2. The first-order valence-corrected chi connectivity index (χ1v) is 8.69. The van der Waals surface area contributed by atoms with Gasteiger partial charge in [-0.1, -0.05) is 81.1 Å². The normalized spacial score (nSPS) is 28.8. The second-order valence-electron chi connectivity index (χ2n) is 6.88. The number of nitrogens with one attached hydrogen (secondary N) is 1. The molecule has 1 saturated heterocycles. The highest BCUT2D eigenvalue weighted by atomic mass is 14.9. The highest BCUT2D eigenvalue weighted by Gasteiger charge is 2.31. The molecule has 1 nitrogen and oxygen atoms in total. The molecule has 0 spiro atoms. The van der Waals surface area contributed by atoms with E-state index >= 15 is 0 Å². The van der Waals surface area contributed by atoms with Crippen molar-refractivity contribution in [2.24, 2.45) is 0 Å². The Labute approximate surface area is 124 Å². The number of benzene rings is 1. The van der Waals surface area contributed by atoms with Crippen LogP contribution in [-0.2, 0) is 0 Å². The van der Waals surface area contributed by atoms with E-state index in [1.165, 1.54) is 65.3 Å². The fourth-order valence-corrected chi connectivity index (χ4v) is 4.28. The quantitative estimate of drug-likeness (QED) is 0.813. The van der Waals surface area contributed by atoms with Gasteiger partial charge in [-0.15, -0.1) is 0 Å². The lowest BCUT2D eigenvalue weighted by Gasteiger charge is -2.25. The van der Waals surface area contributed by atoms with Crippen LogP contribution in [0, 0.1) is 0 Å². The Morgan fingerprint density at radius 2 is 1.55 bits per heavy atom. The van der Waals surface area contributed by atoms with Gasteiger partial charge in [0.25, 0.3) is 0 Å². The highest BCUT2D eigenvalue weighted by Crippen LogP contribution is 2.37. The molecule has 0 radical (unpaired) electrons. The smallest absolute Gasteiger partial charge is 0.130 e. The number of hydrogen-bond acceptors (Lipinski definition) is 1. The van der Waals surface area contributed by atoms with E-state index < -0.39 is 0 Å². The predicted molar refractivity (Wildman–Crippen MR) is 89.0 cm³/mol. The van der Waals surface area contributed by atoms with Crippen molar-refractivity contribution in [2.45, 2.75) is 62.5 Å². The van der Waals surface area contributed by atoms with E-state index in [1.807, 2.05) is 0 Å². The maximum atomic E-state index is 3.64. The molecule has 1 aromatic rings. The Morgan fingerprint density at radius 1 is 0.850 bits per heavy atom. The van der Waals surface area contributed by atoms with Crippen molar-refractivity contribution in [3.63, 3.8) is 0 Å². The lowest BCUT2D eigenvalue weighted by atomic mass is 9.49. The summed E-state index contributed by atoms with van der Waals surface area (Å²) in [6.45, 7) is 2.41. The van der Waals surface area contributed by atoms with Gasteiger partial charge in [0.05, 0.1) is 0 Å². The minimum Gasteiger partial charge on any atom is -0.317 e. The monoisotopic (exact) mass is 269 g/mol. The maximum absolute atomic E-state index is 3.64. The van der Waals surface area contributed by atoms with Gasteiger partial charge in [-0.3, -0.25) is 0 Å². The third-order valence-electron chi connectivity index (χ3n) is 5.43. The third kappa shape index (κ3) is 3.66. The van der Waals surface area contributed by atoms with Gasteiger partial charge in [0.15, 0.2) is 0 Å². The molecular weight excluding hydrogens is 241 g/mol. The van der Waals surface area contributed by atoms with Gasteiger partial charge in [-0.25, -0.2) is 0 Å². The fourth-order valence-electron chi connectivity index (χ4n) is 4.28. The third-order valence-corrected chi connectivity index (χ3v) is 5.43. The second-order valence-corrected chi connectivity index (χ2v) is 6.88. The Bertz CT molecular complexity index is 384. The molecule has 1 heterocycles. The first-order valence-electron chi connectivity index (χ1n) is 8.69. The Balaban J connectivity index is 1.60. The first kappa shape index (κ1) is 14.2. The molecule has 20 heavy (non-hydrogen) atoms. The molecule has 0 bridgehead atoms. The lowest BCUT2D eigenvalue weighted by Crippen LogP contribution is -2.18. The SMILES string of the molecule is B(C1CCCCCCC1)C1CNCC1c1ccccc1. The van der Waals surface area contributed by atoms with E-state index in [9.17, 15) is 0 Å². The van der Waals surface area contributed by atoms with Crippen molar-refractivity contribution < 1.29 is 0 Å². The molecule has 0 amide bonds. The van der Waals surface area contributed by atoms with Crippen LogP contribution in [0.4, 0.5) is 0 Å². The second kappa shape index (κ2) is 7.31. The summed E-state index contributed by atoms with van der Waals surface area (Å²) in [7, 11) is 1.45. The number of hydrogen-bond donors (Lipinski definition) is 1. The zero-order chi connectivity index (χ0) is 13.6. The molecule has 2 aliphatic rings. The van der Waals surface area contributed by atoms with Crippen molar-refractivity contribution in [1.29, 1.82) is 0 Å². The van der Waals surface area contributed by atoms with Crippen LogP contribution in [0.1, 0.15) is 56.4 Å². The van der Waals surface area contributed by atoms with Gasteiger partial charge < -0.3 is 5.32 Å². The van der Waals surface area contributed by atoms with Gasteiger partial charge in [0, 0.05) is 6.54 Å². The van der Waals surface area contributed by atoms with Crippen LogP contribution < -0.4 is 5.32 Å². The van der Waals surface area contributed by atoms with Crippen LogP contribution in [0.15, 0.2) is 30.3 Å². The lowest BCUT2D eigenvalue weighted by molar-refractivity contribution is 0.498.